The second-order valence-electron chi connectivity index (χ2n) is 6.51. The summed E-state index contributed by atoms with van der Waals surface area (Å²) in [4.78, 5) is 24.0. The van der Waals surface area contributed by atoms with Crippen LogP contribution in [0.15, 0.2) is 48.1 Å². The van der Waals surface area contributed by atoms with E-state index in [1.807, 2.05) is 31.5 Å². The lowest BCUT2D eigenvalue weighted by atomic mass is 10.1. The van der Waals surface area contributed by atoms with Crippen LogP contribution in [0.1, 0.15) is 13.8 Å². The molecule has 4 rings (SSSR count). The molecular weight excluding hydrogens is 363 g/mol. The van der Waals surface area contributed by atoms with Crippen LogP contribution in [0, 0.1) is 11.7 Å². The number of carbonyl (C=O) groups is 1. The van der Waals surface area contributed by atoms with Crippen LogP contribution in [0.5, 0.6) is 0 Å². The van der Waals surface area contributed by atoms with Gasteiger partial charge in [0.15, 0.2) is 5.13 Å². The number of rotatable bonds is 4. The molecule has 7 heteroatoms. The maximum Gasteiger partial charge on any atom is 0.228 e. The Morgan fingerprint density at radius 1 is 1.22 bits per heavy atom. The van der Waals surface area contributed by atoms with E-state index in [4.69, 9.17) is 0 Å². The summed E-state index contributed by atoms with van der Waals surface area (Å²) in [6, 6.07) is 8.33. The number of carbonyl (C=O) groups excluding carboxylic acids is 1. The predicted molar refractivity (Wildman–Crippen MR) is 106 cm³/mol. The van der Waals surface area contributed by atoms with E-state index >= 15 is 0 Å². The van der Waals surface area contributed by atoms with E-state index in [0.29, 0.717) is 5.13 Å². The van der Waals surface area contributed by atoms with Crippen molar-refractivity contribution in [2.75, 3.05) is 5.32 Å². The first-order valence-electron chi connectivity index (χ1n) is 8.51. The number of H-pyrrole nitrogens is 1. The smallest absolute Gasteiger partial charge is 0.228 e. The number of nitrogens with zero attached hydrogens (tertiary/aromatic N) is 2. The molecule has 3 aromatic heterocycles. The zero-order valence-electron chi connectivity index (χ0n) is 14.8. The fraction of sp³-hybridized carbons (Fsp3) is 0.150. The second kappa shape index (κ2) is 6.92. The van der Waals surface area contributed by atoms with E-state index in [-0.39, 0.29) is 17.6 Å². The zero-order valence-corrected chi connectivity index (χ0v) is 15.6. The highest BCUT2D eigenvalue weighted by Crippen LogP contribution is 2.32. The Hall–Kier alpha value is -3.06. The molecule has 4 aromatic rings. The summed E-state index contributed by atoms with van der Waals surface area (Å²) in [5.41, 5.74) is 4.20. The van der Waals surface area contributed by atoms with Crippen molar-refractivity contribution in [3.8, 4) is 22.4 Å². The molecule has 2 N–H and O–H groups in total. The van der Waals surface area contributed by atoms with E-state index in [0.717, 1.165) is 33.4 Å². The molecule has 0 aliphatic heterocycles. The van der Waals surface area contributed by atoms with Crippen LogP contribution in [-0.2, 0) is 4.79 Å². The van der Waals surface area contributed by atoms with Crippen LogP contribution in [0.25, 0.3) is 33.4 Å². The number of amides is 1. The van der Waals surface area contributed by atoms with Crippen LogP contribution in [0.2, 0.25) is 0 Å². The third kappa shape index (κ3) is 3.46. The molecule has 0 bridgehead atoms. The fourth-order valence-corrected chi connectivity index (χ4v) is 3.43. The highest BCUT2D eigenvalue weighted by Gasteiger charge is 2.14. The van der Waals surface area contributed by atoms with E-state index in [1.165, 1.54) is 23.5 Å². The molecule has 3 heterocycles. The number of hydrogen-bond acceptors (Lipinski definition) is 4. The quantitative estimate of drug-likeness (QED) is 0.518. The Morgan fingerprint density at radius 3 is 2.74 bits per heavy atom. The first-order chi connectivity index (χ1) is 13.0. The van der Waals surface area contributed by atoms with Crippen molar-refractivity contribution >= 4 is 33.4 Å². The van der Waals surface area contributed by atoms with Gasteiger partial charge in [-0.15, -0.1) is 11.3 Å². The SMILES string of the molecule is CC(C)C(=O)Nc1nc(-c2c[nH]c3ncc(-c4ccc(F)cc4)cc23)cs1. The van der Waals surface area contributed by atoms with Gasteiger partial charge in [0.25, 0.3) is 0 Å². The number of anilines is 1. The van der Waals surface area contributed by atoms with Gasteiger partial charge < -0.3 is 10.3 Å². The Bertz CT molecular complexity index is 1110. The first-order valence-corrected chi connectivity index (χ1v) is 9.39. The van der Waals surface area contributed by atoms with Gasteiger partial charge in [0, 0.05) is 40.2 Å². The molecule has 0 aliphatic rings. The Morgan fingerprint density at radius 2 is 2.00 bits per heavy atom. The van der Waals surface area contributed by atoms with Gasteiger partial charge in [-0.2, -0.15) is 0 Å². The minimum absolute atomic E-state index is 0.0601. The lowest BCUT2D eigenvalue weighted by Crippen LogP contribution is -2.17. The molecule has 0 spiro atoms. The molecule has 27 heavy (non-hydrogen) atoms. The van der Waals surface area contributed by atoms with Crippen molar-refractivity contribution in [1.29, 1.82) is 0 Å². The number of benzene rings is 1. The van der Waals surface area contributed by atoms with Crippen LogP contribution in [0.4, 0.5) is 9.52 Å². The van der Waals surface area contributed by atoms with E-state index in [2.05, 4.69) is 20.3 Å². The third-order valence-corrected chi connectivity index (χ3v) is 5.00. The van der Waals surface area contributed by atoms with Crippen LogP contribution >= 0.6 is 11.3 Å². The van der Waals surface area contributed by atoms with Gasteiger partial charge in [-0.3, -0.25) is 4.79 Å². The number of hydrogen-bond donors (Lipinski definition) is 2. The molecule has 136 valence electrons. The summed E-state index contributed by atoms with van der Waals surface area (Å²) in [5, 5.41) is 6.22. The maximum atomic E-state index is 13.2. The van der Waals surface area contributed by atoms with Crippen molar-refractivity contribution in [2.24, 2.45) is 5.92 Å². The fourth-order valence-electron chi connectivity index (χ4n) is 2.72. The molecule has 5 nitrogen and oxygen atoms in total. The molecule has 1 aromatic carbocycles. The number of aromatic amines is 1. The molecule has 0 aliphatic carbocycles. The highest BCUT2D eigenvalue weighted by molar-refractivity contribution is 7.14. The van der Waals surface area contributed by atoms with Gasteiger partial charge in [-0.05, 0) is 23.8 Å². The third-order valence-electron chi connectivity index (χ3n) is 4.24. The summed E-state index contributed by atoms with van der Waals surface area (Å²) < 4.78 is 13.2. The summed E-state index contributed by atoms with van der Waals surface area (Å²) >= 11 is 1.39. The van der Waals surface area contributed by atoms with Crippen molar-refractivity contribution in [1.82, 2.24) is 15.0 Å². The second-order valence-corrected chi connectivity index (χ2v) is 7.37. The van der Waals surface area contributed by atoms with E-state index < -0.39 is 0 Å². The molecular formula is C20H17FN4OS. The van der Waals surface area contributed by atoms with Gasteiger partial charge in [0.05, 0.1) is 5.69 Å². The number of halogens is 1. The Kier molecular flexibility index (Phi) is 4.45. The summed E-state index contributed by atoms with van der Waals surface area (Å²) in [6.07, 6.45) is 3.61. The monoisotopic (exact) mass is 380 g/mol. The molecule has 0 saturated heterocycles. The number of thiazole rings is 1. The summed E-state index contributed by atoms with van der Waals surface area (Å²) in [5.74, 6) is -0.434. The van der Waals surface area contributed by atoms with Gasteiger partial charge in [0.1, 0.15) is 11.5 Å². The van der Waals surface area contributed by atoms with Crippen LogP contribution in [0.3, 0.4) is 0 Å². The lowest BCUT2D eigenvalue weighted by Gasteiger charge is -2.03. The molecule has 0 atom stereocenters. The van der Waals surface area contributed by atoms with Crippen molar-refractivity contribution in [3.05, 3.63) is 53.9 Å². The Labute approximate surface area is 159 Å². The number of fused-ring (bicyclic) bond motifs is 1. The molecule has 1 amide bonds. The highest BCUT2D eigenvalue weighted by atomic mass is 32.1. The molecule has 0 radical (unpaired) electrons. The standard InChI is InChI=1S/C20H17FN4OS/c1-11(2)19(26)25-20-24-17(10-27-20)16-9-23-18-15(16)7-13(8-22-18)12-3-5-14(21)6-4-12/h3-11H,1-2H3,(H,22,23)(H,24,25,26). The van der Waals surface area contributed by atoms with Crippen LogP contribution in [-0.4, -0.2) is 20.9 Å². The topological polar surface area (TPSA) is 70.7 Å². The molecule has 0 unspecified atom stereocenters. The average molecular weight is 380 g/mol. The maximum absolute atomic E-state index is 13.2. The molecule has 0 fully saturated rings. The largest absolute Gasteiger partial charge is 0.345 e. The average Bonchev–Trinajstić information content (AvgIpc) is 3.28. The van der Waals surface area contributed by atoms with Gasteiger partial charge in [-0.1, -0.05) is 26.0 Å². The summed E-state index contributed by atoms with van der Waals surface area (Å²) in [7, 11) is 0. The van der Waals surface area contributed by atoms with Crippen molar-refractivity contribution in [2.45, 2.75) is 13.8 Å². The first kappa shape index (κ1) is 17.4. The van der Waals surface area contributed by atoms with E-state index in [9.17, 15) is 9.18 Å². The molecule has 0 saturated carbocycles. The minimum Gasteiger partial charge on any atom is -0.345 e. The Balaban J connectivity index is 1.70. The number of aromatic nitrogens is 3. The number of pyridine rings is 1. The number of nitrogens with one attached hydrogen (secondary N) is 2. The minimum atomic E-state index is -0.270. The van der Waals surface area contributed by atoms with Crippen LogP contribution < -0.4 is 5.32 Å². The van der Waals surface area contributed by atoms with Gasteiger partial charge in [0.2, 0.25) is 5.91 Å². The predicted octanol–water partition coefficient (Wildman–Crippen LogP) is 5.09. The van der Waals surface area contributed by atoms with Crippen molar-refractivity contribution in [3.63, 3.8) is 0 Å². The normalized spacial score (nSPS) is 11.3. The zero-order chi connectivity index (χ0) is 19.0. The van der Waals surface area contributed by atoms with Gasteiger partial charge in [-0.25, -0.2) is 14.4 Å². The lowest BCUT2D eigenvalue weighted by molar-refractivity contribution is -0.118. The summed E-state index contributed by atoms with van der Waals surface area (Å²) in [6.45, 7) is 3.68. The van der Waals surface area contributed by atoms with Crippen molar-refractivity contribution < 1.29 is 9.18 Å². The van der Waals surface area contributed by atoms with E-state index in [1.54, 1.807) is 18.3 Å². The van der Waals surface area contributed by atoms with Gasteiger partial charge >= 0.3 is 0 Å².